The van der Waals surface area contributed by atoms with E-state index in [1.54, 1.807) is 22.6 Å². The minimum Gasteiger partial charge on any atom is -0.388 e. The highest BCUT2D eigenvalue weighted by Gasteiger charge is 2.32. The topological polar surface area (TPSA) is 39.2 Å². The molecule has 0 aromatic carbocycles. The first-order chi connectivity index (χ1) is 7.37. The van der Waals surface area contributed by atoms with Crippen molar-refractivity contribution in [3.8, 4) is 5.88 Å². The molecule has 0 amide bonds. The smallest absolute Gasteiger partial charge is 0.388 e. The third kappa shape index (κ3) is 3.48. The lowest BCUT2D eigenvalue weighted by atomic mass is 10.2. The van der Waals surface area contributed by atoms with Gasteiger partial charge in [0.05, 0.1) is 5.56 Å². The van der Waals surface area contributed by atoms with E-state index in [1.165, 1.54) is 0 Å². The minimum atomic E-state index is -4.82. The Morgan fingerprint density at radius 1 is 1.56 bits per heavy atom. The maximum Gasteiger partial charge on any atom is 0.574 e. The van der Waals surface area contributed by atoms with Crippen LogP contribution in [0.15, 0.2) is 6.07 Å². The van der Waals surface area contributed by atoms with Crippen molar-refractivity contribution in [1.82, 2.24) is 4.98 Å². The predicted molar refractivity (Wildman–Crippen MR) is 58.6 cm³/mol. The highest BCUT2D eigenvalue weighted by molar-refractivity contribution is 14.1. The summed E-state index contributed by atoms with van der Waals surface area (Å²) >= 11 is 7.14. The monoisotopic (exact) mass is 365 g/mol. The summed E-state index contributed by atoms with van der Waals surface area (Å²) in [4.78, 5) is 14.1. The van der Waals surface area contributed by atoms with Crippen LogP contribution >= 0.6 is 34.2 Å². The lowest BCUT2D eigenvalue weighted by molar-refractivity contribution is -0.276. The average Bonchev–Trinajstić information content (AvgIpc) is 2.14. The Labute approximate surface area is 107 Å². The van der Waals surface area contributed by atoms with E-state index < -0.39 is 12.2 Å². The van der Waals surface area contributed by atoms with Gasteiger partial charge >= 0.3 is 6.36 Å². The number of pyridine rings is 1. The summed E-state index contributed by atoms with van der Waals surface area (Å²) in [5.74, 6) is -0.723. The molecule has 0 saturated heterocycles. The molecule has 1 aromatic rings. The summed E-state index contributed by atoms with van der Waals surface area (Å²) in [6, 6.07) is 0.992. The molecule has 0 saturated carbocycles. The van der Waals surface area contributed by atoms with E-state index in [0.717, 1.165) is 6.07 Å². The molecule has 88 valence electrons. The molecular weight excluding hydrogens is 361 g/mol. The number of halogens is 5. The zero-order valence-electron chi connectivity index (χ0n) is 7.52. The molecule has 1 aromatic heterocycles. The molecule has 0 N–H and O–H groups in total. The SMILES string of the molecule is O=Cc1c(CCl)cc(OC(F)(F)F)nc1I. The van der Waals surface area contributed by atoms with E-state index in [1.807, 2.05) is 0 Å². The van der Waals surface area contributed by atoms with Crippen molar-refractivity contribution in [2.24, 2.45) is 0 Å². The number of ether oxygens (including phenoxy) is 1. The second-order valence-electron chi connectivity index (χ2n) is 2.62. The van der Waals surface area contributed by atoms with Gasteiger partial charge < -0.3 is 4.74 Å². The number of nitrogens with zero attached hydrogens (tertiary/aromatic N) is 1. The first-order valence-electron chi connectivity index (χ1n) is 3.83. The van der Waals surface area contributed by atoms with Crippen molar-refractivity contribution in [2.75, 3.05) is 0 Å². The molecule has 0 radical (unpaired) electrons. The molecule has 3 nitrogen and oxygen atoms in total. The second kappa shape index (κ2) is 5.17. The summed E-state index contributed by atoms with van der Waals surface area (Å²) in [6.07, 6.45) is -4.33. The molecule has 0 bridgehead atoms. The Morgan fingerprint density at radius 3 is 2.62 bits per heavy atom. The van der Waals surface area contributed by atoms with Crippen LogP contribution in [0.25, 0.3) is 0 Å². The summed E-state index contributed by atoms with van der Waals surface area (Å²) < 4.78 is 39.5. The molecule has 0 aliphatic carbocycles. The Balaban J connectivity index is 3.15. The van der Waals surface area contributed by atoms with Gasteiger partial charge in [-0.3, -0.25) is 4.79 Å². The second-order valence-corrected chi connectivity index (χ2v) is 3.91. The number of rotatable bonds is 3. The van der Waals surface area contributed by atoms with Crippen molar-refractivity contribution >= 4 is 40.5 Å². The Kier molecular flexibility index (Phi) is 4.36. The minimum absolute atomic E-state index is 0.0964. The Hall–Kier alpha value is -0.570. The third-order valence-electron chi connectivity index (χ3n) is 1.56. The molecule has 0 spiro atoms. The first kappa shape index (κ1) is 13.5. The highest BCUT2D eigenvalue weighted by atomic mass is 127. The number of aromatic nitrogens is 1. The van der Waals surface area contributed by atoms with Gasteiger partial charge in [-0.25, -0.2) is 4.98 Å². The molecule has 0 aliphatic heterocycles. The van der Waals surface area contributed by atoms with Crippen LogP contribution in [0.3, 0.4) is 0 Å². The molecule has 0 fully saturated rings. The quantitative estimate of drug-likeness (QED) is 0.358. The van der Waals surface area contributed by atoms with Crippen molar-refractivity contribution in [1.29, 1.82) is 0 Å². The summed E-state index contributed by atoms with van der Waals surface area (Å²) in [5, 5.41) is 0. The zero-order chi connectivity index (χ0) is 12.3. The predicted octanol–water partition coefficient (Wildman–Crippen LogP) is 3.14. The Bertz CT molecular complexity index is 411. The molecule has 8 heteroatoms. The third-order valence-corrected chi connectivity index (χ3v) is 2.67. The first-order valence-corrected chi connectivity index (χ1v) is 5.45. The number of hydrogen-bond donors (Lipinski definition) is 0. The van der Waals surface area contributed by atoms with E-state index in [-0.39, 0.29) is 20.7 Å². The summed E-state index contributed by atoms with van der Waals surface area (Å²) in [5.41, 5.74) is 0.417. The van der Waals surface area contributed by atoms with Crippen LogP contribution < -0.4 is 4.74 Å². The van der Waals surface area contributed by atoms with Crippen LogP contribution in [0, 0.1) is 3.70 Å². The van der Waals surface area contributed by atoms with Crippen LogP contribution in [0.4, 0.5) is 13.2 Å². The van der Waals surface area contributed by atoms with Gasteiger partial charge in [0.15, 0.2) is 6.29 Å². The number of aldehydes is 1. The van der Waals surface area contributed by atoms with E-state index in [0.29, 0.717) is 6.29 Å². The normalized spacial score (nSPS) is 11.3. The molecule has 1 heterocycles. The number of carbonyl (C=O) groups is 1. The van der Waals surface area contributed by atoms with Crippen molar-refractivity contribution in [3.63, 3.8) is 0 Å². The zero-order valence-corrected chi connectivity index (χ0v) is 10.4. The molecule has 0 unspecified atom stereocenters. The van der Waals surface area contributed by atoms with Crippen LogP contribution in [-0.2, 0) is 5.88 Å². The molecule has 0 aliphatic rings. The Morgan fingerprint density at radius 2 is 2.19 bits per heavy atom. The fourth-order valence-electron chi connectivity index (χ4n) is 0.954. The van der Waals surface area contributed by atoms with Gasteiger partial charge in [0.1, 0.15) is 3.70 Å². The summed E-state index contributed by atoms with van der Waals surface area (Å²) in [6.45, 7) is 0. The maximum atomic E-state index is 11.9. The van der Waals surface area contributed by atoms with Gasteiger partial charge in [0.2, 0.25) is 5.88 Å². The van der Waals surface area contributed by atoms with Crippen LogP contribution in [-0.4, -0.2) is 17.6 Å². The van der Waals surface area contributed by atoms with Gasteiger partial charge in [0, 0.05) is 11.9 Å². The lowest BCUT2D eigenvalue weighted by Crippen LogP contribution is -2.18. The van der Waals surface area contributed by atoms with Crippen molar-refractivity contribution < 1.29 is 22.7 Å². The van der Waals surface area contributed by atoms with Gasteiger partial charge in [-0.2, -0.15) is 0 Å². The molecule has 16 heavy (non-hydrogen) atoms. The fourth-order valence-corrected chi connectivity index (χ4v) is 1.89. The van der Waals surface area contributed by atoms with E-state index in [9.17, 15) is 18.0 Å². The van der Waals surface area contributed by atoms with Crippen LogP contribution in [0.5, 0.6) is 5.88 Å². The highest BCUT2D eigenvalue weighted by Crippen LogP contribution is 2.25. The standard InChI is InChI=1S/C8H4ClF3INO2/c9-2-4-1-6(16-8(10,11)12)14-7(13)5(4)3-15/h1,3H,2H2. The van der Waals surface area contributed by atoms with E-state index >= 15 is 0 Å². The lowest BCUT2D eigenvalue weighted by Gasteiger charge is -2.10. The van der Waals surface area contributed by atoms with Gasteiger partial charge in [-0.1, -0.05) is 0 Å². The van der Waals surface area contributed by atoms with Gasteiger partial charge in [-0.05, 0) is 28.2 Å². The average molecular weight is 365 g/mol. The fraction of sp³-hybridized carbons (Fsp3) is 0.250. The molecule has 0 atom stereocenters. The summed E-state index contributed by atoms with van der Waals surface area (Å²) in [7, 11) is 0. The van der Waals surface area contributed by atoms with Crippen LogP contribution in [0.1, 0.15) is 15.9 Å². The van der Waals surface area contributed by atoms with E-state index in [2.05, 4.69) is 9.72 Å². The number of alkyl halides is 4. The largest absolute Gasteiger partial charge is 0.574 e. The van der Waals surface area contributed by atoms with Gasteiger partial charge in [-0.15, -0.1) is 24.8 Å². The van der Waals surface area contributed by atoms with Crippen molar-refractivity contribution in [3.05, 3.63) is 20.9 Å². The molecule has 1 rings (SSSR count). The van der Waals surface area contributed by atoms with Gasteiger partial charge in [0.25, 0.3) is 0 Å². The van der Waals surface area contributed by atoms with Crippen LogP contribution in [0.2, 0.25) is 0 Å². The van der Waals surface area contributed by atoms with E-state index in [4.69, 9.17) is 11.6 Å². The number of carbonyl (C=O) groups excluding carboxylic acids is 1. The van der Waals surface area contributed by atoms with Crippen molar-refractivity contribution in [2.45, 2.75) is 12.2 Å². The molecular formula is C8H4ClF3INO2. The number of hydrogen-bond acceptors (Lipinski definition) is 3. The maximum absolute atomic E-state index is 11.9.